The summed E-state index contributed by atoms with van der Waals surface area (Å²) in [5, 5.41) is 13.0. The molecule has 94 valence electrons. The summed E-state index contributed by atoms with van der Waals surface area (Å²) in [4.78, 5) is 22.7. The van der Waals surface area contributed by atoms with Crippen molar-refractivity contribution in [2.75, 3.05) is 11.9 Å². The molecule has 0 radical (unpaired) electrons. The minimum Gasteiger partial charge on any atom is -0.335 e. The molecule has 1 aromatic carbocycles. The number of nitrogens with one attached hydrogen (secondary N) is 2. The molecule has 0 aliphatic rings. The van der Waals surface area contributed by atoms with E-state index >= 15 is 0 Å². The lowest BCUT2D eigenvalue weighted by atomic mass is 10.0. The molecule has 0 atom stereocenters. The second-order valence-electron chi connectivity index (χ2n) is 4.08. The highest BCUT2D eigenvalue weighted by atomic mass is 16.2. The third-order valence-corrected chi connectivity index (χ3v) is 2.35. The van der Waals surface area contributed by atoms with Crippen molar-refractivity contribution < 1.29 is 9.59 Å². The topological polar surface area (TPSA) is 82.0 Å². The molecule has 0 unspecified atom stereocenters. The quantitative estimate of drug-likeness (QED) is 0.623. The van der Waals surface area contributed by atoms with E-state index in [9.17, 15) is 9.59 Å². The van der Waals surface area contributed by atoms with Crippen LogP contribution in [0, 0.1) is 11.3 Å². The second kappa shape index (κ2) is 6.40. The molecular formula is C13H15N3O2. The molecule has 0 fully saturated rings. The Kier molecular flexibility index (Phi) is 4.88. The number of hydrogen-bond donors (Lipinski definition) is 2. The standard InChI is InChI=1S/C13H15N3O2/c1-9(2)10-4-3-5-11(8-10)16-13(18)12(17)15-7-6-14/h3-5,8-9H,7H2,1-2H3,(H,15,17)(H,16,18). The maximum absolute atomic E-state index is 11.5. The fraction of sp³-hybridized carbons (Fsp3) is 0.308. The summed E-state index contributed by atoms with van der Waals surface area (Å²) in [7, 11) is 0. The summed E-state index contributed by atoms with van der Waals surface area (Å²) >= 11 is 0. The summed E-state index contributed by atoms with van der Waals surface area (Å²) in [6.07, 6.45) is 0. The average molecular weight is 245 g/mol. The zero-order valence-electron chi connectivity index (χ0n) is 10.4. The number of hydrogen-bond acceptors (Lipinski definition) is 3. The molecule has 0 saturated carbocycles. The summed E-state index contributed by atoms with van der Waals surface area (Å²) in [6, 6.07) is 9.03. The molecule has 0 saturated heterocycles. The van der Waals surface area contributed by atoms with Crippen molar-refractivity contribution in [2.45, 2.75) is 19.8 Å². The minimum atomic E-state index is -0.813. The molecule has 18 heavy (non-hydrogen) atoms. The number of carbonyl (C=O) groups is 2. The van der Waals surface area contributed by atoms with Gasteiger partial charge in [-0.05, 0) is 23.6 Å². The van der Waals surface area contributed by atoms with Gasteiger partial charge in [-0.3, -0.25) is 9.59 Å². The monoisotopic (exact) mass is 245 g/mol. The lowest BCUT2D eigenvalue weighted by Gasteiger charge is -2.09. The number of anilines is 1. The zero-order chi connectivity index (χ0) is 13.5. The molecule has 0 aliphatic heterocycles. The lowest BCUT2D eigenvalue weighted by Crippen LogP contribution is -2.35. The van der Waals surface area contributed by atoms with Gasteiger partial charge in [0.25, 0.3) is 0 Å². The maximum atomic E-state index is 11.5. The van der Waals surface area contributed by atoms with Crippen molar-refractivity contribution in [3.63, 3.8) is 0 Å². The van der Waals surface area contributed by atoms with Crippen LogP contribution in [0.4, 0.5) is 5.69 Å². The molecule has 0 aromatic heterocycles. The van der Waals surface area contributed by atoms with Crippen LogP contribution in [-0.2, 0) is 9.59 Å². The Morgan fingerprint density at radius 3 is 2.67 bits per heavy atom. The van der Waals surface area contributed by atoms with Gasteiger partial charge in [0.05, 0.1) is 6.07 Å². The lowest BCUT2D eigenvalue weighted by molar-refractivity contribution is -0.136. The van der Waals surface area contributed by atoms with Gasteiger partial charge in [0.2, 0.25) is 0 Å². The Balaban J connectivity index is 2.67. The van der Waals surface area contributed by atoms with Crippen molar-refractivity contribution in [1.82, 2.24) is 5.32 Å². The highest BCUT2D eigenvalue weighted by Gasteiger charge is 2.13. The molecule has 0 heterocycles. The number of nitriles is 1. The van der Waals surface area contributed by atoms with E-state index in [0.717, 1.165) is 5.56 Å². The van der Waals surface area contributed by atoms with Crippen LogP contribution in [0.5, 0.6) is 0 Å². The van der Waals surface area contributed by atoms with E-state index in [0.29, 0.717) is 11.6 Å². The van der Waals surface area contributed by atoms with Gasteiger partial charge in [0, 0.05) is 5.69 Å². The van der Waals surface area contributed by atoms with Gasteiger partial charge < -0.3 is 10.6 Å². The van der Waals surface area contributed by atoms with Crippen LogP contribution in [0.2, 0.25) is 0 Å². The van der Waals surface area contributed by atoms with Crippen LogP contribution in [0.15, 0.2) is 24.3 Å². The third kappa shape index (κ3) is 3.91. The van der Waals surface area contributed by atoms with Crippen molar-refractivity contribution in [3.05, 3.63) is 29.8 Å². The molecule has 2 amide bonds. The molecule has 0 bridgehead atoms. The normalized spacial score (nSPS) is 9.67. The molecule has 5 heteroatoms. The van der Waals surface area contributed by atoms with E-state index in [1.54, 1.807) is 12.1 Å². The number of carbonyl (C=O) groups excluding carboxylic acids is 2. The van der Waals surface area contributed by atoms with Crippen molar-refractivity contribution in [1.29, 1.82) is 5.26 Å². The molecule has 1 aromatic rings. The molecular weight excluding hydrogens is 230 g/mol. The summed E-state index contributed by atoms with van der Waals surface area (Å²) in [5.41, 5.74) is 1.64. The predicted octanol–water partition coefficient (Wildman–Crippen LogP) is 1.39. The van der Waals surface area contributed by atoms with Crippen molar-refractivity contribution in [2.24, 2.45) is 0 Å². The smallest absolute Gasteiger partial charge is 0.313 e. The van der Waals surface area contributed by atoms with E-state index < -0.39 is 11.8 Å². The van der Waals surface area contributed by atoms with Gasteiger partial charge in [-0.15, -0.1) is 0 Å². The van der Waals surface area contributed by atoms with Crippen LogP contribution in [0.1, 0.15) is 25.3 Å². The molecule has 0 aliphatic carbocycles. The highest BCUT2D eigenvalue weighted by Crippen LogP contribution is 2.18. The number of nitrogens with zero attached hydrogens (tertiary/aromatic N) is 1. The fourth-order valence-corrected chi connectivity index (χ4v) is 1.36. The summed E-state index contributed by atoms with van der Waals surface area (Å²) in [6.45, 7) is 3.90. The van der Waals surface area contributed by atoms with Gasteiger partial charge in [0.15, 0.2) is 0 Å². The number of amides is 2. The molecule has 1 rings (SSSR count). The Bertz CT molecular complexity index is 489. The molecule has 0 spiro atoms. The van der Waals surface area contributed by atoms with E-state index in [2.05, 4.69) is 10.6 Å². The highest BCUT2D eigenvalue weighted by molar-refractivity contribution is 6.39. The molecule has 5 nitrogen and oxygen atoms in total. The second-order valence-corrected chi connectivity index (χ2v) is 4.08. The molecule has 2 N–H and O–H groups in total. The Morgan fingerprint density at radius 2 is 2.06 bits per heavy atom. The first-order chi connectivity index (χ1) is 8.54. The van der Waals surface area contributed by atoms with E-state index in [1.807, 2.05) is 32.0 Å². The Labute approximate surface area is 106 Å². The van der Waals surface area contributed by atoms with Gasteiger partial charge in [-0.25, -0.2) is 0 Å². The van der Waals surface area contributed by atoms with E-state index in [1.165, 1.54) is 0 Å². The van der Waals surface area contributed by atoms with Gasteiger partial charge in [0.1, 0.15) is 6.54 Å². The van der Waals surface area contributed by atoms with Crippen LogP contribution in [0.3, 0.4) is 0 Å². The van der Waals surface area contributed by atoms with Crippen LogP contribution in [0.25, 0.3) is 0 Å². The first-order valence-corrected chi connectivity index (χ1v) is 5.60. The van der Waals surface area contributed by atoms with E-state index in [4.69, 9.17) is 5.26 Å². The largest absolute Gasteiger partial charge is 0.335 e. The number of benzene rings is 1. The number of rotatable bonds is 3. The van der Waals surface area contributed by atoms with Crippen LogP contribution in [-0.4, -0.2) is 18.4 Å². The minimum absolute atomic E-state index is 0.182. The Hall–Kier alpha value is -2.35. The first-order valence-electron chi connectivity index (χ1n) is 5.60. The third-order valence-electron chi connectivity index (χ3n) is 2.35. The van der Waals surface area contributed by atoms with E-state index in [-0.39, 0.29) is 6.54 Å². The van der Waals surface area contributed by atoms with Gasteiger partial charge >= 0.3 is 11.8 Å². The van der Waals surface area contributed by atoms with Crippen molar-refractivity contribution in [3.8, 4) is 6.07 Å². The average Bonchev–Trinajstić information content (AvgIpc) is 2.36. The summed E-state index contributed by atoms with van der Waals surface area (Å²) in [5.74, 6) is -1.24. The van der Waals surface area contributed by atoms with Gasteiger partial charge in [-0.2, -0.15) is 5.26 Å². The predicted molar refractivity (Wildman–Crippen MR) is 67.8 cm³/mol. The van der Waals surface area contributed by atoms with Gasteiger partial charge in [-0.1, -0.05) is 26.0 Å². The Morgan fingerprint density at radius 1 is 1.33 bits per heavy atom. The first kappa shape index (κ1) is 13.7. The van der Waals surface area contributed by atoms with Crippen LogP contribution < -0.4 is 10.6 Å². The van der Waals surface area contributed by atoms with Crippen LogP contribution >= 0.6 is 0 Å². The zero-order valence-corrected chi connectivity index (χ0v) is 10.4. The SMILES string of the molecule is CC(C)c1cccc(NC(=O)C(=O)NCC#N)c1. The summed E-state index contributed by atoms with van der Waals surface area (Å²) < 4.78 is 0. The maximum Gasteiger partial charge on any atom is 0.313 e. The van der Waals surface area contributed by atoms with Crippen molar-refractivity contribution >= 4 is 17.5 Å². The fourth-order valence-electron chi connectivity index (χ4n) is 1.36.